The van der Waals surface area contributed by atoms with Crippen molar-refractivity contribution in [3.63, 3.8) is 0 Å². The van der Waals surface area contributed by atoms with Gasteiger partial charge in [0.05, 0.1) is 26.4 Å². The lowest BCUT2D eigenvalue weighted by molar-refractivity contribution is 0.0906. The van der Waals surface area contributed by atoms with Gasteiger partial charge in [0.2, 0.25) is 0 Å². The van der Waals surface area contributed by atoms with Crippen LogP contribution in [0, 0.1) is 13.8 Å². The van der Waals surface area contributed by atoms with E-state index in [9.17, 15) is 4.79 Å². The molecule has 4 heteroatoms. The first kappa shape index (κ1) is 14.8. The highest BCUT2D eigenvalue weighted by Crippen LogP contribution is 2.10. The molecule has 100 valence electrons. The molecule has 0 unspecified atom stereocenters. The molecule has 2 N–H and O–H groups in total. The first-order valence-electron chi connectivity index (χ1n) is 6.15. The van der Waals surface area contributed by atoms with E-state index in [2.05, 4.69) is 5.32 Å². The van der Waals surface area contributed by atoms with Crippen LogP contribution >= 0.6 is 0 Å². The molecule has 1 aromatic carbocycles. The Morgan fingerprint density at radius 2 is 2.11 bits per heavy atom. The van der Waals surface area contributed by atoms with Crippen molar-refractivity contribution >= 4 is 5.78 Å². The number of nitrogens with one attached hydrogen (secondary N) is 1. The average molecular weight is 251 g/mol. The van der Waals surface area contributed by atoms with Crippen molar-refractivity contribution in [2.45, 2.75) is 13.8 Å². The van der Waals surface area contributed by atoms with E-state index in [1.165, 1.54) is 0 Å². The second kappa shape index (κ2) is 7.97. The number of rotatable bonds is 8. The number of hydrogen-bond acceptors (Lipinski definition) is 4. The Morgan fingerprint density at radius 3 is 2.78 bits per heavy atom. The van der Waals surface area contributed by atoms with E-state index in [0.717, 1.165) is 16.7 Å². The van der Waals surface area contributed by atoms with E-state index < -0.39 is 0 Å². The van der Waals surface area contributed by atoms with Gasteiger partial charge in [0.25, 0.3) is 0 Å². The molecular weight excluding hydrogens is 230 g/mol. The fraction of sp³-hybridized carbons (Fsp3) is 0.500. The number of Topliss-reactive ketones (excluding diaryl/α,β-unsaturated/α-hetero) is 1. The molecule has 0 aliphatic carbocycles. The van der Waals surface area contributed by atoms with Crippen LogP contribution in [0.2, 0.25) is 0 Å². The maximum absolute atomic E-state index is 11.9. The van der Waals surface area contributed by atoms with Gasteiger partial charge in [-0.05, 0) is 19.4 Å². The number of ether oxygens (including phenoxy) is 1. The lowest BCUT2D eigenvalue weighted by Crippen LogP contribution is -2.27. The fourth-order valence-electron chi connectivity index (χ4n) is 1.73. The second-order valence-electron chi connectivity index (χ2n) is 4.25. The van der Waals surface area contributed by atoms with Crippen LogP contribution in [0.3, 0.4) is 0 Å². The van der Waals surface area contributed by atoms with E-state index in [-0.39, 0.29) is 12.4 Å². The molecule has 0 radical (unpaired) electrons. The van der Waals surface area contributed by atoms with Gasteiger partial charge < -0.3 is 15.2 Å². The summed E-state index contributed by atoms with van der Waals surface area (Å²) in [5, 5.41) is 11.5. The summed E-state index contributed by atoms with van der Waals surface area (Å²) in [6.07, 6.45) is 0. The molecule has 0 spiro atoms. The standard InChI is InChI=1S/C14H21NO3/c1-11-3-4-13(12(2)9-11)14(17)10-15-5-7-18-8-6-16/h3-4,9,15-16H,5-8,10H2,1-2H3. The molecule has 0 aliphatic heterocycles. The van der Waals surface area contributed by atoms with Gasteiger partial charge in [0.15, 0.2) is 5.78 Å². The van der Waals surface area contributed by atoms with Crippen LogP contribution in [0.25, 0.3) is 0 Å². The molecule has 0 aliphatic rings. The van der Waals surface area contributed by atoms with Gasteiger partial charge in [-0.25, -0.2) is 0 Å². The lowest BCUT2D eigenvalue weighted by atomic mass is 10.0. The first-order chi connectivity index (χ1) is 8.65. The number of aliphatic hydroxyl groups is 1. The zero-order valence-electron chi connectivity index (χ0n) is 11.0. The molecule has 1 aromatic rings. The van der Waals surface area contributed by atoms with Crippen molar-refractivity contribution < 1.29 is 14.6 Å². The Hall–Kier alpha value is -1.23. The van der Waals surface area contributed by atoms with Gasteiger partial charge in [0.1, 0.15) is 0 Å². The summed E-state index contributed by atoms with van der Waals surface area (Å²) in [6, 6.07) is 5.83. The quantitative estimate of drug-likeness (QED) is 0.536. The Balaban J connectivity index is 2.32. The van der Waals surface area contributed by atoms with Crippen LogP contribution in [0.15, 0.2) is 18.2 Å². The smallest absolute Gasteiger partial charge is 0.176 e. The molecule has 18 heavy (non-hydrogen) atoms. The van der Waals surface area contributed by atoms with Crippen molar-refractivity contribution in [1.29, 1.82) is 0 Å². The van der Waals surface area contributed by atoms with Gasteiger partial charge in [-0.2, -0.15) is 0 Å². The van der Waals surface area contributed by atoms with E-state index in [0.29, 0.717) is 26.3 Å². The lowest BCUT2D eigenvalue weighted by Gasteiger charge is -2.07. The van der Waals surface area contributed by atoms with Crippen molar-refractivity contribution in [2.24, 2.45) is 0 Å². The number of carbonyl (C=O) groups excluding carboxylic acids is 1. The van der Waals surface area contributed by atoms with E-state index in [4.69, 9.17) is 9.84 Å². The van der Waals surface area contributed by atoms with E-state index in [1.807, 2.05) is 32.0 Å². The van der Waals surface area contributed by atoms with Crippen molar-refractivity contribution in [1.82, 2.24) is 5.32 Å². The monoisotopic (exact) mass is 251 g/mol. The molecule has 0 heterocycles. The molecule has 0 fully saturated rings. The third kappa shape index (κ3) is 4.96. The molecule has 0 amide bonds. The van der Waals surface area contributed by atoms with Gasteiger partial charge in [-0.15, -0.1) is 0 Å². The molecule has 4 nitrogen and oxygen atoms in total. The molecule has 0 bridgehead atoms. The Kier molecular flexibility index (Phi) is 6.57. The SMILES string of the molecule is Cc1ccc(C(=O)CNCCOCCO)c(C)c1. The highest BCUT2D eigenvalue weighted by molar-refractivity contribution is 5.98. The topological polar surface area (TPSA) is 58.6 Å². The molecule has 0 aromatic heterocycles. The summed E-state index contributed by atoms with van der Waals surface area (Å²) in [4.78, 5) is 11.9. The summed E-state index contributed by atoms with van der Waals surface area (Å²) in [7, 11) is 0. The molecule has 0 saturated carbocycles. The van der Waals surface area contributed by atoms with Gasteiger partial charge >= 0.3 is 0 Å². The third-order valence-corrected chi connectivity index (χ3v) is 2.63. The second-order valence-corrected chi connectivity index (χ2v) is 4.25. The predicted molar refractivity (Wildman–Crippen MR) is 71.0 cm³/mol. The highest BCUT2D eigenvalue weighted by atomic mass is 16.5. The predicted octanol–water partition coefficient (Wildman–Crippen LogP) is 1.08. The number of ketones is 1. The van der Waals surface area contributed by atoms with Crippen LogP contribution in [-0.2, 0) is 4.74 Å². The summed E-state index contributed by atoms with van der Waals surface area (Å²) >= 11 is 0. The van der Waals surface area contributed by atoms with Gasteiger partial charge in [-0.3, -0.25) is 4.79 Å². The first-order valence-corrected chi connectivity index (χ1v) is 6.15. The Labute approximate surface area is 108 Å². The summed E-state index contributed by atoms with van der Waals surface area (Å²) in [5.41, 5.74) is 2.94. The number of hydrogen-bond donors (Lipinski definition) is 2. The van der Waals surface area contributed by atoms with Crippen LogP contribution in [0.5, 0.6) is 0 Å². The summed E-state index contributed by atoms with van der Waals surface area (Å²) in [5.74, 6) is 0.0923. The maximum atomic E-state index is 11.9. The number of aryl methyl sites for hydroxylation is 2. The van der Waals surface area contributed by atoms with Crippen LogP contribution in [0.4, 0.5) is 0 Å². The minimum absolute atomic E-state index is 0.0293. The number of benzene rings is 1. The average Bonchev–Trinajstić information content (AvgIpc) is 2.33. The largest absolute Gasteiger partial charge is 0.394 e. The number of carbonyl (C=O) groups is 1. The minimum Gasteiger partial charge on any atom is -0.394 e. The maximum Gasteiger partial charge on any atom is 0.176 e. The molecular formula is C14H21NO3. The third-order valence-electron chi connectivity index (χ3n) is 2.63. The molecule has 0 atom stereocenters. The number of aliphatic hydroxyl groups excluding tert-OH is 1. The fourth-order valence-corrected chi connectivity index (χ4v) is 1.73. The Bertz CT molecular complexity index is 391. The van der Waals surface area contributed by atoms with Crippen molar-refractivity contribution in [3.8, 4) is 0 Å². The van der Waals surface area contributed by atoms with E-state index >= 15 is 0 Å². The zero-order chi connectivity index (χ0) is 13.4. The summed E-state index contributed by atoms with van der Waals surface area (Å²) in [6.45, 7) is 5.75. The highest BCUT2D eigenvalue weighted by Gasteiger charge is 2.08. The van der Waals surface area contributed by atoms with Gasteiger partial charge in [0, 0.05) is 12.1 Å². The van der Waals surface area contributed by atoms with Crippen molar-refractivity contribution in [3.05, 3.63) is 34.9 Å². The molecule has 1 rings (SSSR count). The Morgan fingerprint density at radius 1 is 1.33 bits per heavy atom. The summed E-state index contributed by atoms with van der Waals surface area (Å²) < 4.78 is 5.09. The van der Waals surface area contributed by atoms with Crippen LogP contribution in [0.1, 0.15) is 21.5 Å². The van der Waals surface area contributed by atoms with Crippen LogP contribution < -0.4 is 5.32 Å². The van der Waals surface area contributed by atoms with E-state index in [1.54, 1.807) is 0 Å². The minimum atomic E-state index is 0.0293. The van der Waals surface area contributed by atoms with Crippen molar-refractivity contribution in [2.75, 3.05) is 32.9 Å². The zero-order valence-corrected chi connectivity index (χ0v) is 11.0. The van der Waals surface area contributed by atoms with Crippen LogP contribution in [-0.4, -0.2) is 43.8 Å². The normalized spacial score (nSPS) is 10.6. The molecule has 0 saturated heterocycles. The van der Waals surface area contributed by atoms with Gasteiger partial charge in [-0.1, -0.05) is 23.8 Å².